The maximum atomic E-state index is 12.9. The van der Waals surface area contributed by atoms with Gasteiger partial charge in [0.15, 0.2) is 0 Å². The standard InChI is InChI=1S/C17H18O5/c1-19-12-8-11(9-13(10-12)20-2)17(18)16-14(21-3)6-5-7-15(16)22-4/h5-10H,1-4H3. The average molecular weight is 302 g/mol. The fourth-order valence-electron chi connectivity index (χ4n) is 2.16. The highest BCUT2D eigenvalue weighted by atomic mass is 16.5. The predicted molar refractivity (Wildman–Crippen MR) is 82.5 cm³/mol. The van der Waals surface area contributed by atoms with Gasteiger partial charge in [0.05, 0.1) is 28.4 Å². The lowest BCUT2D eigenvalue weighted by Crippen LogP contribution is -2.07. The van der Waals surface area contributed by atoms with E-state index < -0.39 is 0 Å². The van der Waals surface area contributed by atoms with Crippen molar-refractivity contribution in [1.29, 1.82) is 0 Å². The highest BCUT2D eigenvalue weighted by molar-refractivity contribution is 6.13. The Morgan fingerprint density at radius 2 is 1.27 bits per heavy atom. The van der Waals surface area contributed by atoms with Crippen LogP contribution in [0.4, 0.5) is 0 Å². The highest BCUT2D eigenvalue weighted by Crippen LogP contribution is 2.32. The number of rotatable bonds is 6. The third-order valence-electron chi connectivity index (χ3n) is 3.27. The number of hydrogen-bond acceptors (Lipinski definition) is 5. The molecule has 2 aromatic carbocycles. The van der Waals surface area contributed by atoms with E-state index in [0.717, 1.165) is 0 Å². The zero-order chi connectivity index (χ0) is 16.1. The van der Waals surface area contributed by atoms with Crippen LogP contribution in [0.5, 0.6) is 23.0 Å². The van der Waals surface area contributed by atoms with Gasteiger partial charge in [-0.05, 0) is 24.3 Å². The number of ketones is 1. The first-order valence-corrected chi connectivity index (χ1v) is 6.63. The van der Waals surface area contributed by atoms with Crippen LogP contribution in [-0.2, 0) is 0 Å². The van der Waals surface area contributed by atoms with Crippen molar-refractivity contribution in [3.05, 3.63) is 47.5 Å². The molecule has 0 unspecified atom stereocenters. The molecule has 0 aromatic heterocycles. The normalized spacial score (nSPS) is 10.0. The minimum absolute atomic E-state index is 0.230. The van der Waals surface area contributed by atoms with Crippen molar-refractivity contribution >= 4 is 5.78 Å². The zero-order valence-corrected chi connectivity index (χ0v) is 13.0. The van der Waals surface area contributed by atoms with Crippen LogP contribution in [0.2, 0.25) is 0 Å². The number of hydrogen-bond donors (Lipinski definition) is 0. The maximum Gasteiger partial charge on any atom is 0.200 e. The first kappa shape index (κ1) is 15.7. The SMILES string of the molecule is COc1cc(OC)cc(C(=O)c2c(OC)cccc2OC)c1. The van der Waals surface area contributed by atoms with Gasteiger partial charge in [0, 0.05) is 11.6 Å². The molecule has 0 saturated heterocycles. The van der Waals surface area contributed by atoms with Crippen LogP contribution in [0.15, 0.2) is 36.4 Å². The van der Waals surface area contributed by atoms with Crippen LogP contribution in [0.3, 0.4) is 0 Å². The molecule has 0 aliphatic rings. The molecule has 116 valence electrons. The summed E-state index contributed by atoms with van der Waals surface area (Å²) in [6.07, 6.45) is 0. The second-order valence-electron chi connectivity index (χ2n) is 4.47. The third kappa shape index (κ3) is 2.98. The van der Waals surface area contributed by atoms with Gasteiger partial charge in [-0.2, -0.15) is 0 Å². The van der Waals surface area contributed by atoms with Gasteiger partial charge in [0.25, 0.3) is 0 Å². The van der Waals surface area contributed by atoms with Gasteiger partial charge in [-0.1, -0.05) is 6.07 Å². The molecule has 0 heterocycles. The van der Waals surface area contributed by atoms with Crippen molar-refractivity contribution in [3.8, 4) is 23.0 Å². The van der Waals surface area contributed by atoms with Gasteiger partial charge in [-0.25, -0.2) is 0 Å². The molecule has 5 heteroatoms. The Labute approximate surface area is 129 Å². The van der Waals surface area contributed by atoms with Gasteiger partial charge >= 0.3 is 0 Å². The van der Waals surface area contributed by atoms with E-state index in [1.807, 2.05) is 0 Å². The average Bonchev–Trinajstić information content (AvgIpc) is 2.59. The fourth-order valence-corrected chi connectivity index (χ4v) is 2.16. The number of ether oxygens (including phenoxy) is 4. The van der Waals surface area contributed by atoms with E-state index in [1.165, 1.54) is 28.4 Å². The second-order valence-corrected chi connectivity index (χ2v) is 4.47. The largest absolute Gasteiger partial charge is 0.497 e. The Bertz CT molecular complexity index is 634. The van der Waals surface area contributed by atoms with Crippen molar-refractivity contribution < 1.29 is 23.7 Å². The lowest BCUT2D eigenvalue weighted by Gasteiger charge is -2.13. The van der Waals surface area contributed by atoms with E-state index in [1.54, 1.807) is 36.4 Å². The zero-order valence-electron chi connectivity index (χ0n) is 13.0. The van der Waals surface area contributed by atoms with Crippen LogP contribution >= 0.6 is 0 Å². The molecule has 0 N–H and O–H groups in total. The summed E-state index contributed by atoms with van der Waals surface area (Å²) in [5.74, 6) is 1.75. The number of carbonyl (C=O) groups excluding carboxylic acids is 1. The predicted octanol–water partition coefficient (Wildman–Crippen LogP) is 2.95. The van der Waals surface area contributed by atoms with Gasteiger partial charge in [0.1, 0.15) is 28.6 Å². The molecule has 0 aliphatic carbocycles. The Balaban J connectivity index is 2.57. The second kappa shape index (κ2) is 6.85. The molecule has 22 heavy (non-hydrogen) atoms. The minimum atomic E-state index is -0.230. The van der Waals surface area contributed by atoms with Gasteiger partial charge < -0.3 is 18.9 Å². The summed E-state index contributed by atoms with van der Waals surface area (Å²) in [7, 11) is 6.09. The summed E-state index contributed by atoms with van der Waals surface area (Å²) >= 11 is 0. The van der Waals surface area contributed by atoms with E-state index in [-0.39, 0.29) is 5.78 Å². The van der Waals surface area contributed by atoms with Gasteiger partial charge in [-0.15, -0.1) is 0 Å². The topological polar surface area (TPSA) is 54.0 Å². The van der Waals surface area contributed by atoms with Crippen LogP contribution in [0.25, 0.3) is 0 Å². The van der Waals surface area contributed by atoms with Gasteiger partial charge in [-0.3, -0.25) is 4.79 Å². The summed E-state index contributed by atoms with van der Waals surface area (Å²) in [4.78, 5) is 12.9. The van der Waals surface area contributed by atoms with E-state index in [0.29, 0.717) is 34.1 Å². The van der Waals surface area contributed by atoms with Crippen molar-refractivity contribution in [2.75, 3.05) is 28.4 Å². The lowest BCUT2D eigenvalue weighted by atomic mass is 10.0. The summed E-state index contributed by atoms with van der Waals surface area (Å²) in [5, 5.41) is 0. The molecule has 0 saturated carbocycles. The molecule has 0 atom stereocenters. The molecule has 5 nitrogen and oxygen atoms in total. The molecule has 0 fully saturated rings. The first-order valence-electron chi connectivity index (χ1n) is 6.63. The van der Waals surface area contributed by atoms with Crippen LogP contribution in [-0.4, -0.2) is 34.2 Å². The summed E-state index contributed by atoms with van der Waals surface area (Å²) in [6.45, 7) is 0. The number of methoxy groups -OCH3 is 4. The Kier molecular flexibility index (Phi) is 4.88. The summed E-state index contributed by atoms with van der Waals surface area (Å²) in [6, 6.07) is 10.2. The molecule has 0 amide bonds. The van der Waals surface area contributed by atoms with Crippen molar-refractivity contribution in [2.45, 2.75) is 0 Å². The molecule has 0 spiro atoms. The molecular weight excluding hydrogens is 284 g/mol. The van der Waals surface area contributed by atoms with E-state index in [9.17, 15) is 4.79 Å². The van der Waals surface area contributed by atoms with E-state index in [2.05, 4.69) is 0 Å². The number of benzene rings is 2. The Morgan fingerprint density at radius 1 is 0.773 bits per heavy atom. The lowest BCUT2D eigenvalue weighted by molar-refractivity contribution is 0.103. The van der Waals surface area contributed by atoms with Crippen LogP contribution in [0.1, 0.15) is 15.9 Å². The van der Waals surface area contributed by atoms with Crippen LogP contribution in [0, 0.1) is 0 Å². The first-order chi connectivity index (χ1) is 10.6. The maximum absolute atomic E-state index is 12.9. The fraction of sp³-hybridized carbons (Fsp3) is 0.235. The molecule has 2 rings (SSSR count). The smallest absolute Gasteiger partial charge is 0.200 e. The van der Waals surface area contributed by atoms with Crippen molar-refractivity contribution in [3.63, 3.8) is 0 Å². The summed E-state index contributed by atoms with van der Waals surface area (Å²) < 4.78 is 21.0. The van der Waals surface area contributed by atoms with Crippen LogP contribution < -0.4 is 18.9 Å². The Morgan fingerprint density at radius 3 is 1.68 bits per heavy atom. The summed E-state index contributed by atoms with van der Waals surface area (Å²) in [5.41, 5.74) is 0.793. The molecule has 2 aromatic rings. The third-order valence-corrected chi connectivity index (χ3v) is 3.27. The minimum Gasteiger partial charge on any atom is -0.497 e. The monoisotopic (exact) mass is 302 g/mol. The Hall–Kier alpha value is -2.69. The molecule has 0 radical (unpaired) electrons. The van der Waals surface area contributed by atoms with E-state index in [4.69, 9.17) is 18.9 Å². The highest BCUT2D eigenvalue weighted by Gasteiger charge is 2.21. The molecule has 0 aliphatic heterocycles. The molecular formula is C17H18O5. The quantitative estimate of drug-likeness (QED) is 0.768. The van der Waals surface area contributed by atoms with Gasteiger partial charge in [0.2, 0.25) is 5.78 Å². The van der Waals surface area contributed by atoms with E-state index >= 15 is 0 Å². The van der Waals surface area contributed by atoms with Crippen molar-refractivity contribution in [1.82, 2.24) is 0 Å². The number of carbonyl (C=O) groups is 1. The molecule has 0 bridgehead atoms. The van der Waals surface area contributed by atoms with Crippen molar-refractivity contribution in [2.24, 2.45) is 0 Å².